The van der Waals surface area contributed by atoms with E-state index in [2.05, 4.69) is 4.98 Å². The van der Waals surface area contributed by atoms with Crippen molar-refractivity contribution in [2.45, 2.75) is 6.54 Å². The Hall–Kier alpha value is -2.45. The highest BCUT2D eigenvalue weighted by atomic mass is 32.1. The zero-order valence-corrected chi connectivity index (χ0v) is 10.7. The lowest BCUT2D eigenvalue weighted by Gasteiger charge is -2.01. The molecule has 92 valence electrons. The van der Waals surface area contributed by atoms with Crippen LogP contribution in [0.15, 0.2) is 46.8 Å². The summed E-state index contributed by atoms with van der Waals surface area (Å²) in [6.45, 7) is 0.0281. The molecule has 4 nitrogen and oxygen atoms in total. The molecule has 0 saturated carbocycles. The van der Waals surface area contributed by atoms with Crippen LogP contribution in [0.5, 0.6) is 0 Å². The molecule has 0 aliphatic heterocycles. The molecule has 0 saturated heterocycles. The summed E-state index contributed by atoms with van der Waals surface area (Å²) in [5.74, 6) is 0. The molecular formula is C14H9N3OS. The quantitative estimate of drug-likeness (QED) is 0.717. The van der Waals surface area contributed by atoms with E-state index in [0.717, 1.165) is 11.1 Å². The summed E-state index contributed by atoms with van der Waals surface area (Å²) < 4.78 is 1.92. The van der Waals surface area contributed by atoms with Crippen molar-refractivity contribution in [3.63, 3.8) is 0 Å². The first-order valence-corrected chi connectivity index (χ1v) is 6.58. The number of hydrogen-bond acceptors (Lipinski definition) is 4. The Morgan fingerprint density at radius 2 is 2.11 bits per heavy atom. The van der Waals surface area contributed by atoms with Crippen molar-refractivity contribution in [3.8, 4) is 17.2 Å². The highest BCUT2D eigenvalue weighted by molar-refractivity contribution is 7.17. The molecule has 0 spiro atoms. The molecule has 2 aromatic heterocycles. The Bertz CT molecular complexity index is 827. The van der Waals surface area contributed by atoms with Gasteiger partial charge < -0.3 is 0 Å². The Kier molecular flexibility index (Phi) is 2.86. The number of fused-ring (bicyclic) bond motifs is 1. The number of benzene rings is 1. The standard InChI is InChI=1S/C14H9N3OS/c15-6-7-17-9-16-12-11(8-19-13(12)14(17)18)10-4-2-1-3-5-10/h1-5,8-9H,7H2. The van der Waals surface area contributed by atoms with Gasteiger partial charge in [0, 0.05) is 10.9 Å². The van der Waals surface area contributed by atoms with Crippen LogP contribution in [0.3, 0.4) is 0 Å². The van der Waals surface area contributed by atoms with Crippen molar-refractivity contribution in [2.24, 2.45) is 0 Å². The van der Waals surface area contributed by atoms with Crippen LogP contribution in [0.2, 0.25) is 0 Å². The van der Waals surface area contributed by atoms with Crippen molar-refractivity contribution in [1.82, 2.24) is 9.55 Å². The molecule has 1 aromatic carbocycles. The monoisotopic (exact) mass is 267 g/mol. The van der Waals surface area contributed by atoms with Gasteiger partial charge in [-0.3, -0.25) is 9.36 Å². The first-order valence-electron chi connectivity index (χ1n) is 5.70. The first kappa shape index (κ1) is 11.6. The fourth-order valence-electron chi connectivity index (χ4n) is 1.95. The molecule has 0 N–H and O–H groups in total. The maximum absolute atomic E-state index is 12.1. The predicted octanol–water partition coefficient (Wildman–Crippen LogP) is 2.65. The van der Waals surface area contributed by atoms with E-state index in [-0.39, 0.29) is 12.1 Å². The molecule has 0 unspecified atom stereocenters. The van der Waals surface area contributed by atoms with Gasteiger partial charge in [-0.2, -0.15) is 5.26 Å². The van der Waals surface area contributed by atoms with Gasteiger partial charge in [-0.15, -0.1) is 11.3 Å². The second-order valence-corrected chi connectivity index (χ2v) is 4.91. The zero-order valence-electron chi connectivity index (χ0n) is 9.91. The van der Waals surface area contributed by atoms with Crippen LogP contribution < -0.4 is 5.56 Å². The van der Waals surface area contributed by atoms with Crippen LogP contribution >= 0.6 is 11.3 Å². The Labute approximate surface area is 113 Å². The third kappa shape index (κ3) is 1.92. The number of aromatic nitrogens is 2. The maximum atomic E-state index is 12.1. The minimum atomic E-state index is -0.154. The second kappa shape index (κ2) is 4.67. The van der Waals surface area contributed by atoms with Gasteiger partial charge in [0.25, 0.3) is 5.56 Å². The van der Waals surface area contributed by atoms with Gasteiger partial charge in [0.05, 0.1) is 17.9 Å². The maximum Gasteiger partial charge on any atom is 0.272 e. The van der Waals surface area contributed by atoms with Crippen LogP contribution in [0.25, 0.3) is 21.3 Å². The van der Waals surface area contributed by atoms with E-state index in [1.807, 2.05) is 41.8 Å². The van der Waals surface area contributed by atoms with Gasteiger partial charge >= 0.3 is 0 Å². The summed E-state index contributed by atoms with van der Waals surface area (Å²) in [6, 6.07) is 11.8. The molecule has 3 rings (SSSR count). The second-order valence-electron chi connectivity index (χ2n) is 4.03. The number of nitriles is 1. The smallest absolute Gasteiger partial charge is 0.272 e. The molecule has 0 amide bonds. The molecule has 0 atom stereocenters. The summed E-state index contributed by atoms with van der Waals surface area (Å²) >= 11 is 1.37. The molecule has 19 heavy (non-hydrogen) atoms. The van der Waals surface area contributed by atoms with Gasteiger partial charge in [0.1, 0.15) is 11.2 Å². The number of rotatable bonds is 2. The summed E-state index contributed by atoms with van der Waals surface area (Å²) in [5.41, 5.74) is 2.55. The van der Waals surface area contributed by atoms with E-state index >= 15 is 0 Å². The number of hydrogen-bond donors (Lipinski definition) is 0. The largest absolute Gasteiger partial charge is 0.284 e. The molecule has 0 bridgehead atoms. The van der Waals surface area contributed by atoms with E-state index < -0.39 is 0 Å². The summed E-state index contributed by atoms with van der Waals surface area (Å²) in [6.07, 6.45) is 1.44. The average Bonchev–Trinajstić information content (AvgIpc) is 2.88. The van der Waals surface area contributed by atoms with Gasteiger partial charge in [-0.25, -0.2) is 4.98 Å². The highest BCUT2D eigenvalue weighted by Crippen LogP contribution is 2.30. The van der Waals surface area contributed by atoms with Crippen molar-refractivity contribution in [2.75, 3.05) is 0 Å². The third-order valence-electron chi connectivity index (χ3n) is 2.87. The summed E-state index contributed by atoms with van der Waals surface area (Å²) in [5, 5.41) is 10.6. The fraction of sp³-hybridized carbons (Fsp3) is 0.0714. The lowest BCUT2D eigenvalue weighted by atomic mass is 10.1. The average molecular weight is 267 g/mol. The van der Waals surface area contributed by atoms with Crippen molar-refractivity contribution in [1.29, 1.82) is 5.26 Å². The fourth-order valence-corrected chi connectivity index (χ4v) is 2.93. The minimum Gasteiger partial charge on any atom is -0.284 e. The van der Waals surface area contributed by atoms with Crippen LogP contribution in [0, 0.1) is 11.3 Å². The molecule has 2 heterocycles. The van der Waals surface area contributed by atoms with Gasteiger partial charge in [0.2, 0.25) is 0 Å². The predicted molar refractivity (Wildman–Crippen MR) is 74.9 cm³/mol. The van der Waals surface area contributed by atoms with Gasteiger partial charge in [-0.05, 0) is 5.56 Å². The van der Waals surface area contributed by atoms with Crippen LogP contribution in [0.1, 0.15) is 0 Å². The van der Waals surface area contributed by atoms with Crippen LogP contribution in [0.4, 0.5) is 0 Å². The lowest BCUT2D eigenvalue weighted by molar-refractivity contribution is 0.777. The SMILES string of the molecule is N#CCn1cnc2c(-c3ccccc3)csc2c1=O. The van der Waals surface area contributed by atoms with Gasteiger partial charge in [0.15, 0.2) is 0 Å². The first-order chi connectivity index (χ1) is 9.31. The Morgan fingerprint density at radius 3 is 2.84 bits per heavy atom. The summed E-state index contributed by atoms with van der Waals surface area (Å²) in [7, 11) is 0. The van der Waals surface area contributed by atoms with E-state index in [1.54, 1.807) is 0 Å². The molecule has 5 heteroatoms. The van der Waals surface area contributed by atoms with E-state index in [4.69, 9.17) is 5.26 Å². The molecule has 0 fully saturated rings. The Morgan fingerprint density at radius 1 is 1.32 bits per heavy atom. The summed E-state index contributed by atoms with van der Waals surface area (Å²) in [4.78, 5) is 16.5. The van der Waals surface area contributed by atoms with Crippen LogP contribution in [-0.2, 0) is 6.54 Å². The molecule has 0 aliphatic rings. The number of thiophene rings is 1. The van der Waals surface area contributed by atoms with Crippen molar-refractivity contribution < 1.29 is 0 Å². The van der Waals surface area contributed by atoms with Crippen molar-refractivity contribution in [3.05, 3.63) is 52.4 Å². The van der Waals surface area contributed by atoms with E-state index in [1.165, 1.54) is 22.2 Å². The minimum absolute atomic E-state index is 0.0281. The topological polar surface area (TPSA) is 58.7 Å². The van der Waals surface area contributed by atoms with Gasteiger partial charge in [-0.1, -0.05) is 30.3 Å². The van der Waals surface area contributed by atoms with Crippen LogP contribution in [-0.4, -0.2) is 9.55 Å². The highest BCUT2D eigenvalue weighted by Gasteiger charge is 2.11. The molecule has 0 aliphatic carbocycles. The third-order valence-corrected chi connectivity index (χ3v) is 3.83. The lowest BCUT2D eigenvalue weighted by Crippen LogP contribution is -2.18. The normalized spacial score (nSPS) is 10.5. The molecular weight excluding hydrogens is 258 g/mol. The Balaban J connectivity index is 2.24. The zero-order chi connectivity index (χ0) is 13.2. The van der Waals surface area contributed by atoms with Crippen molar-refractivity contribution >= 4 is 21.6 Å². The molecule has 3 aromatic rings. The van der Waals surface area contributed by atoms with E-state index in [9.17, 15) is 4.79 Å². The number of nitrogens with zero attached hydrogens (tertiary/aromatic N) is 3. The molecule has 0 radical (unpaired) electrons. The van der Waals surface area contributed by atoms with E-state index in [0.29, 0.717) is 10.2 Å².